The van der Waals surface area contributed by atoms with Crippen LogP contribution < -0.4 is 0 Å². The van der Waals surface area contributed by atoms with Crippen LogP contribution in [0.5, 0.6) is 0 Å². The summed E-state index contributed by atoms with van der Waals surface area (Å²) in [4.78, 5) is 72.7. The van der Waals surface area contributed by atoms with Gasteiger partial charge in [-0.2, -0.15) is 0 Å². The van der Waals surface area contributed by atoms with Gasteiger partial charge in [-0.1, -0.05) is 319 Å². The second-order valence-corrected chi connectivity index (χ2v) is 31.3. The number of hydrogen-bond acceptors (Lipinski definition) is 15. The Morgan fingerprint density at radius 2 is 0.516 bits per heavy atom. The molecule has 6 atom stereocenters. The summed E-state index contributed by atoms with van der Waals surface area (Å²) in [6.07, 6.45) is 47.2. The molecule has 0 heterocycles. The van der Waals surface area contributed by atoms with E-state index in [0.717, 1.165) is 114 Å². The minimum atomic E-state index is -4.96. The highest BCUT2D eigenvalue weighted by Gasteiger charge is 2.30. The van der Waals surface area contributed by atoms with Gasteiger partial charge in [0, 0.05) is 25.7 Å². The van der Waals surface area contributed by atoms with Crippen LogP contribution in [0, 0.1) is 23.7 Å². The van der Waals surface area contributed by atoms with Gasteiger partial charge >= 0.3 is 39.5 Å². The van der Waals surface area contributed by atoms with E-state index < -0.39 is 97.5 Å². The third-order valence-corrected chi connectivity index (χ3v) is 19.3. The molecule has 0 fully saturated rings. The van der Waals surface area contributed by atoms with Crippen molar-refractivity contribution in [2.75, 3.05) is 39.6 Å². The third kappa shape index (κ3) is 67.0. The first-order chi connectivity index (χ1) is 44.6. The lowest BCUT2D eigenvalue weighted by molar-refractivity contribution is -0.161. The SMILES string of the molecule is CCC(C)CCCCCCCCCCCCC(=O)O[C@H](COC(=O)CCCCCCCCCCCC(C)C)COP(=O)(O)OCC(O)COP(=O)(O)OC[C@@H](COC(=O)CCCCCCCCCC(C)C)OC(=O)CCCCCCCCCCCCCCCCC(C)C. The summed E-state index contributed by atoms with van der Waals surface area (Å²) in [6, 6.07) is 0. The number of unbranched alkanes of at least 4 members (excludes halogenated alkanes) is 36. The van der Waals surface area contributed by atoms with Crippen molar-refractivity contribution in [3.05, 3.63) is 0 Å². The molecule has 0 aliphatic carbocycles. The summed E-state index contributed by atoms with van der Waals surface area (Å²) in [5, 5.41) is 10.6. The zero-order chi connectivity index (χ0) is 68.9. The molecule has 0 aliphatic heterocycles. The molecule has 0 saturated carbocycles. The average Bonchev–Trinajstić information content (AvgIpc) is 1.47. The molecule has 0 spiro atoms. The molecule has 0 bridgehead atoms. The number of ether oxygens (including phenoxy) is 4. The number of hydrogen-bond donors (Lipinski definition) is 3. The monoisotopic (exact) mass is 1370 g/mol. The fourth-order valence-corrected chi connectivity index (χ4v) is 12.7. The summed E-state index contributed by atoms with van der Waals surface area (Å²) in [5.41, 5.74) is 0. The molecule has 3 N–H and O–H groups in total. The first kappa shape index (κ1) is 91.1. The van der Waals surface area contributed by atoms with Crippen LogP contribution in [-0.2, 0) is 65.4 Å². The second-order valence-electron chi connectivity index (χ2n) is 28.4. The molecule has 0 aromatic heterocycles. The van der Waals surface area contributed by atoms with Gasteiger partial charge in [0.15, 0.2) is 12.2 Å². The van der Waals surface area contributed by atoms with Crippen molar-refractivity contribution in [2.45, 2.75) is 388 Å². The van der Waals surface area contributed by atoms with E-state index in [2.05, 4.69) is 55.4 Å². The van der Waals surface area contributed by atoms with Gasteiger partial charge in [0.2, 0.25) is 0 Å². The summed E-state index contributed by atoms with van der Waals surface area (Å²) < 4.78 is 68.4. The summed E-state index contributed by atoms with van der Waals surface area (Å²) in [6.45, 7) is 14.2. The van der Waals surface area contributed by atoms with Crippen molar-refractivity contribution >= 4 is 39.5 Å². The first-order valence-electron chi connectivity index (χ1n) is 38.2. The Bertz CT molecular complexity index is 1840. The standard InChI is InChI=1S/C74H144O17P2/c1-9-67(8)53-45-37-29-21-16-17-23-32-41-49-57-74(79)90-69(60-84-71(76)54-46-38-30-24-18-20-27-35-43-51-65(4)5)62-88-92(80,81)86-58-68(75)59-87-93(82,83)89-63-70(61-85-72(77)55-47-39-33-25-28-36-44-52-66(6)7)91-73(78)56-48-40-31-22-15-13-11-10-12-14-19-26-34-42-50-64(2)3/h64-70,75H,9-63H2,1-8H3,(H,80,81)(H,82,83)/t67?,68?,69-,70-/m1/s1. The molecule has 0 rings (SSSR count). The molecule has 4 unspecified atom stereocenters. The maximum Gasteiger partial charge on any atom is 0.472 e. The lowest BCUT2D eigenvalue weighted by Gasteiger charge is -2.21. The lowest BCUT2D eigenvalue weighted by Crippen LogP contribution is -2.30. The van der Waals surface area contributed by atoms with Gasteiger partial charge in [-0.25, -0.2) is 9.13 Å². The van der Waals surface area contributed by atoms with E-state index in [-0.39, 0.29) is 25.7 Å². The Morgan fingerprint density at radius 3 is 0.763 bits per heavy atom. The molecule has 0 radical (unpaired) electrons. The molecular weight excluding hydrogens is 1220 g/mol. The van der Waals surface area contributed by atoms with Crippen LogP contribution in [0.1, 0.15) is 370 Å². The molecule has 93 heavy (non-hydrogen) atoms. The van der Waals surface area contributed by atoms with Gasteiger partial charge in [0.1, 0.15) is 19.3 Å². The Hall–Kier alpha value is -1.94. The van der Waals surface area contributed by atoms with Gasteiger partial charge in [0.05, 0.1) is 26.4 Å². The first-order valence-corrected chi connectivity index (χ1v) is 41.2. The zero-order valence-electron chi connectivity index (χ0n) is 60.9. The topological polar surface area (TPSA) is 237 Å². The normalized spacial score (nSPS) is 14.5. The maximum atomic E-state index is 13.0. The fourth-order valence-electron chi connectivity index (χ4n) is 11.2. The largest absolute Gasteiger partial charge is 0.472 e. The number of rotatable bonds is 71. The van der Waals surface area contributed by atoms with Crippen molar-refractivity contribution in [1.82, 2.24) is 0 Å². The van der Waals surface area contributed by atoms with Crippen LogP contribution in [0.15, 0.2) is 0 Å². The van der Waals surface area contributed by atoms with Crippen molar-refractivity contribution in [3.8, 4) is 0 Å². The van der Waals surface area contributed by atoms with E-state index >= 15 is 0 Å². The van der Waals surface area contributed by atoms with Crippen molar-refractivity contribution in [2.24, 2.45) is 23.7 Å². The van der Waals surface area contributed by atoms with Crippen LogP contribution in [0.4, 0.5) is 0 Å². The quantitative estimate of drug-likeness (QED) is 0.0222. The number of phosphoric acid groups is 2. The van der Waals surface area contributed by atoms with Crippen LogP contribution in [0.3, 0.4) is 0 Å². The number of carbonyl (C=O) groups excluding carboxylic acids is 4. The van der Waals surface area contributed by atoms with Gasteiger partial charge < -0.3 is 33.8 Å². The Morgan fingerprint density at radius 1 is 0.301 bits per heavy atom. The highest BCUT2D eigenvalue weighted by Crippen LogP contribution is 2.45. The number of phosphoric ester groups is 2. The molecule has 0 aliphatic rings. The summed E-state index contributed by atoms with van der Waals surface area (Å²) >= 11 is 0. The van der Waals surface area contributed by atoms with Gasteiger partial charge in [-0.3, -0.25) is 37.3 Å². The van der Waals surface area contributed by atoms with Crippen molar-refractivity contribution in [3.63, 3.8) is 0 Å². The highest BCUT2D eigenvalue weighted by molar-refractivity contribution is 7.47. The molecule has 0 aromatic carbocycles. The predicted molar refractivity (Wildman–Crippen MR) is 377 cm³/mol. The minimum absolute atomic E-state index is 0.105. The molecule has 0 saturated heterocycles. The number of carbonyl (C=O) groups is 4. The molecule has 552 valence electrons. The zero-order valence-corrected chi connectivity index (χ0v) is 62.7. The van der Waals surface area contributed by atoms with E-state index in [9.17, 15) is 43.2 Å². The van der Waals surface area contributed by atoms with Crippen molar-refractivity contribution in [1.29, 1.82) is 0 Å². The molecule has 19 heteroatoms. The van der Waals surface area contributed by atoms with Crippen molar-refractivity contribution < 1.29 is 80.2 Å². The van der Waals surface area contributed by atoms with Crippen LogP contribution in [-0.4, -0.2) is 96.7 Å². The minimum Gasteiger partial charge on any atom is -0.462 e. The lowest BCUT2D eigenvalue weighted by atomic mass is 9.99. The number of esters is 4. The van der Waals surface area contributed by atoms with E-state index in [4.69, 9.17) is 37.0 Å². The molecule has 0 amide bonds. The van der Waals surface area contributed by atoms with E-state index in [0.29, 0.717) is 31.6 Å². The third-order valence-electron chi connectivity index (χ3n) is 17.4. The van der Waals surface area contributed by atoms with Gasteiger partial charge in [0.25, 0.3) is 0 Å². The molecular formula is C74H144O17P2. The highest BCUT2D eigenvalue weighted by atomic mass is 31.2. The van der Waals surface area contributed by atoms with Gasteiger partial charge in [-0.15, -0.1) is 0 Å². The molecule has 17 nitrogen and oxygen atoms in total. The average molecular weight is 1370 g/mol. The molecule has 0 aromatic rings. The van der Waals surface area contributed by atoms with Crippen LogP contribution >= 0.6 is 15.6 Å². The number of aliphatic hydroxyl groups is 1. The van der Waals surface area contributed by atoms with E-state index in [1.165, 1.54) is 167 Å². The smallest absolute Gasteiger partial charge is 0.462 e. The Labute approximate surface area is 568 Å². The fraction of sp³-hybridized carbons (Fsp3) is 0.946. The maximum absolute atomic E-state index is 13.0. The summed E-state index contributed by atoms with van der Waals surface area (Å²) in [5.74, 6) is 0.923. The predicted octanol–water partition coefficient (Wildman–Crippen LogP) is 21.3. The summed E-state index contributed by atoms with van der Waals surface area (Å²) in [7, 11) is -9.91. The van der Waals surface area contributed by atoms with E-state index in [1.54, 1.807) is 0 Å². The van der Waals surface area contributed by atoms with Crippen LogP contribution in [0.25, 0.3) is 0 Å². The van der Waals surface area contributed by atoms with E-state index in [1.807, 2.05) is 0 Å². The Kier molecular flexibility index (Phi) is 62.2. The second kappa shape index (κ2) is 63.5. The Balaban J connectivity index is 5.25. The number of aliphatic hydroxyl groups excluding tert-OH is 1. The van der Waals surface area contributed by atoms with Gasteiger partial charge in [-0.05, 0) is 49.4 Å². The van der Waals surface area contributed by atoms with Crippen LogP contribution in [0.2, 0.25) is 0 Å².